The van der Waals surface area contributed by atoms with E-state index in [9.17, 15) is 9.90 Å². The van der Waals surface area contributed by atoms with Gasteiger partial charge in [-0.1, -0.05) is 41.9 Å². The Bertz CT molecular complexity index is 820. The van der Waals surface area contributed by atoms with Crippen molar-refractivity contribution in [3.05, 3.63) is 81.4 Å². The Labute approximate surface area is 132 Å². The summed E-state index contributed by atoms with van der Waals surface area (Å²) in [5, 5.41) is 10.9. The third-order valence-corrected chi connectivity index (χ3v) is 3.79. The lowest BCUT2D eigenvalue weighted by molar-refractivity contribution is 0.434. The average Bonchev–Trinajstić information content (AvgIpc) is 2.82. The first kappa shape index (κ1) is 14.5. The molecule has 5 heteroatoms. The molecule has 2 N–H and O–H groups in total. The molecule has 0 saturated heterocycles. The monoisotopic (exact) mass is 314 g/mol. The summed E-state index contributed by atoms with van der Waals surface area (Å²) in [6, 6.07) is 16.7. The highest BCUT2D eigenvalue weighted by Crippen LogP contribution is 2.21. The summed E-state index contributed by atoms with van der Waals surface area (Å²) in [4.78, 5) is 14.8. The fourth-order valence-electron chi connectivity index (χ4n) is 2.39. The van der Waals surface area contributed by atoms with Gasteiger partial charge >= 0.3 is 5.69 Å². The number of hydrogen-bond acceptors (Lipinski definition) is 2. The molecule has 0 fully saturated rings. The van der Waals surface area contributed by atoms with Crippen LogP contribution in [0.3, 0.4) is 0 Å². The molecule has 2 aromatic carbocycles. The van der Waals surface area contributed by atoms with Crippen molar-refractivity contribution >= 4 is 11.6 Å². The molecule has 4 nitrogen and oxygen atoms in total. The number of aryl methyl sites for hydroxylation is 2. The predicted molar refractivity (Wildman–Crippen MR) is 86.9 cm³/mol. The molecule has 0 unspecified atom stereocenters. The molecule has 0 bridgehead atoms. The predicted octanol–water partition coefficient (Wildman–Crippen LogP) is 3.31. The Morgan fingerprint density at radius 2 is 1.68 bits per heavy atom. The van der Waals surface area contributed by atoms with Crippen molar-refractivity contribution in [2.75, 3.05) is 0 Å². The van der Waals surface area contributed by atoms with Gasteiger partial charge in [0.2, 0.25) is 5.88 Å². The number of nitrogens with zero attached hydrogens (tertiary/aromatic N) is 1. The number of aromatic hydroxyl groups is 1. The van der Waals surface area contributed by atoms with Crippen LogP contribution in [-0.4, -0.2) is 14.7 Å². The van der Waals surface area contributed by atoms with Crippen molar-refractivity contribution in [2.24, 2.45) is 0 Å². The van der Waals surface area contributed by atoms with Crippen LogP contribution in [0.5, 0.6) is 5.88 Å². The van der Waals surface area contributed by atoms with Crippen LogP contribution >= 0.6 is 11.6 Å². The van der Waals surface area contributed by atoms with Gasteiger partial charge < -0.3 is 10.1 Å². The largest absolute Gasteiger partial charge is 0.493 e. The Balaban J connectivity index is 1.87. The van der Waals surface area contributed by atoms with Gasteiger partial charge in [0.15, 0.2) is 0 Å². The highest BCUT2D eigenvalue weighted by molar-refractivity contribution is 6.30. The maximum absolute atomic E-state index is 12.1. The van der Waals surface area contributed by atoms with Gasteiger partial charge in [0, 0.05) is 5.02 Å². The van der Waals surface area contributed by atoms with Crippen LogP contribution in [-0.2, 0) is 12.8 Å². The van der Waals surface area contributed by atoms with Crippen LogP contribution in [0.2, 0.25) is 5.02 Å². The van der Waals surface area contributed by atoms with Gasteiger partial charge in [-0.15, -0.1) is 0 Å². The Hall–Kier alpha value is -2.46. The third kappa shape index (κ3) is 2.92. The molecule has 1 aromatic heterocycles. The van der Waals surface area contributed by atoms with E-state index in [1.54, 1.807) is 24.3 Å². The molecule has 0 aliphatic heterocycles. The number of aromatic nitrogens is 2. The average molecular weight is 315 g/mol. The van der Waals surface area contributed by atoms with Crippen LogP contribution in [0.15, 0.2) is 59.4 Å². The van der Waals surface area contributed by atoms with Crippen molar-refractivity contribution in [1.29, 1.82) is 0 Å². The second-order valence-electron chi connectivity index (χ2n) is 5.03. The SMILES string of the molecule is O=c1[nH]c(CCc2ccccc2)c(O)n1-c1ccc(Cl)cc1. The second-order valence-corrected chi connectivity index (χ2v) is 5.47. The fourth-order valence-corrected chi connectivity index (χ4v) is 2.52. The molecule has 0 saturated carbocycles. The number of aromatic amines is 1. The van der Waals surface area contributed by atoms with Gasteiger partial charge in [-0.25, -0.2) is 9.36 Å². The Morgan fingerprint density at radius 3 is 2.36 bits per heavy atom. The summed E-state index contributed by atoms with van der Waals surface area (Å²) in [5.41, 5.74) is 1.91. The van der Waals surface area contributed by atoms with E-state index in [1.807, 2.05) is 30.3 Å². The molecule has 0 amide bonds. The fraction of sp³-hybridized carbons (Fsp3) is 0.118. The lowest BCUT2D eigenvalue weighted by Gasteiger charge is -2.04. The molecular weight excluding hydrogens is 300 g/mol. The van der Waals surface area contributed by atoms with E-state index in [0.29, 0.717) is 22.8 Å². The number of halogens is 1. The van der Waals surface area contributed by atoms with Crippen molar-refractivity contribution in [1.82, 2.24) is 9.55 Å². The van der Waals surface area contributed by atoms with E-state index >= 15 is 0 Å². The van der Waals surface area contributed by atoms with Gasteiger partial charge in [-0.05, 0) is 42.7 Å². The number of benzene rings is 2. The molecule has 112 valence electrons. The van der Waals surface area contributed by atoms with Gasteiger partial charge in [0.05, 0.1) is 11.4 Å². The van der Waals surface area contributed by atoms with E-state index in [4.69, 9.17) is 11.6 Å². The van der Waals surface area contributed by atoms with Crippen molar-refractivity contribution in [2.45, 2.75) is 12.8 Å². The van der Waals surface area contributed by atoms with E-state index in [-0.39, 0.29) is 11.6 Å². The Morgan fingerprint density at radius 1 is 1.00 bits per heavy atom. The molecule has 0 radical (unpaired) electrons. The molecule has 1 heterocycles. The lowest BCUT2D eigenvalue weighted by atomic mass is 10.1. The number of nitrogens with one attached hydrogen (secondary N) is 1. The number of H-pyrrole nitrogens is 1. The highest BCUT2D eigenvalue weighted by Gasteiger charge is 2.14. The quantitative estimate of drug-likeness (QED) is 0.776. The topological polar surface area (TPSA) is 58.0 Å². The number of rotatable bonds is 4. The summed E-state index contributed by atoms with van der Waals surface area (Å²) in [5.74, 6) is -0.0525. The van der Waals surface area contributed by atoms with Crippen molar-refractivity contribution in [3.63, 3.8) is 0 Å². The number of hydrogen-bond donors (Lipinski definition) is 2. The minimum absolute atomic E-state index is 0.0525. The first-order valence-electron chi connectivity index (χ1n) is 6.98. The highest BCUT2D eigenvalue weighted by atomic mass is 35.5. The summed E-state index contributed by atoms with van der Waals surface area (Å²) >= 11 is 5.84. The molecule has 0 spiro atoms. The van der Waals surface area contributed by atoms with Crippen LogP contribution in [0, 0.1) is 0 Å². The van der Waals surface area contributed by atoms with Crippen molar-refractivity contribution in [3.8, 4) is 11.6 Å². The van der Waals surface area contributed by atoms with Gasteiger partial charge in [0.1, 0.15) is 0 Å². The summed E-state index contributed by atoms with van der Waals surface area (Å²) in [7, 11) is 0. The van der Waals surface area contributed by atoms with Crippen molar-refractivity contribution < 1.29 is 5.11 Å². The van der Waals surface area contributed by atoms with E-state index in [0.717, 1.165) is 12.0 Å². The van der Waals surface area contributed by atoms with Gasteiger partial charge in [-0.3, -0.25) is 0 Å². The number of imidazole rings is 1. The Kier molecular flexibility index (Phi) is 4.02. The smallest absolute Gasteiger partial charge is 0.333 e. The standard InChI is InChI=1S/C17H15ClN2O2/c18-13-7-9-14(10-8-13)20-16(21)15(19-17(20)22)11-6-12-4-2-1-3-5-12/h1-5,7-10,21H,6,11H2,(H,19,22). The zero-order valence-electron chi connectivity index (χ0n) is 11.8. The van der Waals surface area contributed by atoms with Crippen LogP contribution in [0.25, 0.3) is 5.69 Å². The minimum Gasteiger partial charge on any atom is -0.493 e. The maximum atomic E-state index is 12.1. The van der Waals surface area contributed by atoms with E-state index < -0.39 is 0 Å². The van der Waals surface area contributed by atoms with Gasteiger partial charge in [-0.2, -0.15) is 0 Å². The molecule has 3 aromatic rings. The molecule has 0 atom stereocenters. The summed E-state index contributed by atoms with van der Waals surface area (Å²) in [6.07, 6.45) is 1.31. The normalized spacial score (nSPS) is 10.8. The lowest BCUT2D eigenvalue weighted by Crippen LogP contribution is -2.14. The molecule has 0 aliphatic carbocycles. The summed E-state index contributed by atoms with van der Waals surface area (Å²) in [6.45, 7) is 0. The van der Waals surface area contributed by atoms with Crippen LogP contribution < -0.4 is 5.69 Å². The zero-order valence-corrected chi connectivity index (χ0v) is 12.5. The van der Waals surface area contributed by atoms with E-state index in [2.05, 4.69) is 4.98 Å². The maximum Gasteiger partial charge on any atom is 0.333 e. The minimum atomic E-state index is -0.358. The summed E-state index contributed by atoms with van der Waals surface area (Å²) < 4.78 is 1.25. The molecule has 3 rings (SSSR count). The first-order valence-corrected chi connectivity index (χ1v) is 7.35. The zero-order chi connectivity index (χ0) is 15.5. The molecular formula is C17H15ClN2O2. The van der Waals surface area contributed by atoms with E-state index in [1.165, 1.54) is 4.57 Å². The second kappa shape index (κ2) is 6.12. The molecule has 0 aliphatic rings. The molecule has 22 heavy (non-hydrogen) atoms. The first-order chi connectivity index (χ1) is 10.6. The van der Waals surface area contributed by atoms with Crippen LogP contribution in [0.1, 0.15) is 11.3 Å². The van der Waals surface area contributed by atoms with Crippen LogP contribution in [0.4, 0.5) is 0 Å². The van der Waals surface area contributed by atoms with Gasteiger partial charge in [0.25, 0.3) is 0 Å². The third-order valence-electron chi connectivity index (χ3n) is 3.53.